The first-order chi connectivity index (χ1) is 17.0. The standard InChI is InChI=1S/C23H31F6N3O4S/c1-37(35,36)18-12-16(11-17(13-18)22(24,25)26)19(33)31-14-15-3-8-32(9-4-15)10-7-30-20(34)21(5-2-6-21)23(27,28)29/h11-13,15,19,31,33H,2-10,14H2,1H3,(H,30,34). The highest BCUT2D eigenvalue weighted by Gasteiger charge is 2.63. The maximum atomic E-state index is 13.2. The van der Waals surface area contributed by atoms with Crippen molar-refractivity contribution in [2.24, 2.45) is 11.3 Å². The number of amides is 1. The molecule has 7 nitrogen and oxygen atoms in total. The van der Waals surface area contributed by atoms with E-state index in [1.807, 2.05) is 4.90 Å². The zero-order valence-corrected chi connectivity index (χ0v) is 21.1. The third-order valence-corrected chi connectivity index (χ3v) is 8.30. The molecular weight excluding hydrogens is 528 g/mol. The molecule has 1 heterocycles. The summed E-state index contributed by atoms with van der Waals surface area (Å²) in [5.74, 6) is -0.905. The van der Waals surface area contributed by atoms with Crippen LogP contribution in [-0.2, 0) is 20.8 Å². The predicted octanol–water partition coefficient (Wildman–Crippen LogP) is 3.25. The highest BCUT2D eigenvalue weighted by molar-refractivity contribution is 7.90. The first-order valence-corrected chi connectivity index (χ1v) is 13.8. The lowest BCUT2D eigenvalue weighted by Gasteiger charge is -2.41. The maximum Gasteiger partial charge on any atom is 0.416 e. The van der Waals surface area contributed by atoms with Crippen molar-refractivity contribution in [2.45, 2.75) is 55.6 Å². The maximum absolute atomic E-state index is 13.2. The lowest BCUT2D eigenvalue weighted by molar-refractivity contribution is -0.243. The summed E-state index contributed by atoms with van der Waals surface area (Å²) in [6.45, 7) is 1.96. The van der Waals surface area contributed by atoms with Crippen LogP contribution < -0.4 is 10.6 Å². The van der Waals surface area contributed by atoms with Crippen LogP contribution in [0, 0.1) is 11.3 Å². The topological polar surface area (TPSA) is 98.7 Å². The molecule has 14 heteroatoms. The summed E-state index contributed by atoms with van der Waals surface area (Å²) >= 11 is 0. The van der Waals surface area contributed by atoms with Crippen LogP contribution in [0.3, 0.4) is 0 Å². The lowest BCUT2D eigenvalue weighted by Crippen LogP contribution is -2.55. The molecule has 1 aromatic rings. The second-order valence-electron chi connectivity index (χ2n) is 9.85. The summed E-state index contributed by atoms with van der Waals surface area (Å²) in [4.78, 5) is 13.6. The number of nitrogens with zero attached hydrogens (tertiary/aromatic N) is 1. The van der Waals surface area contributed by atoms with Gasteiger partial charge in [-0.3, -0.25) is 10.1 Å². The Kier molecular flexibility index (Phi) is 8.87. The molecule has 1 saturated carbocycles. The van der Waals surface area contributed by atoms with Gasteiger partial charge in [-0.15, -0.1) is 0 Å². The molecule has 2 aliphatic rings. The molecule has 0 radical (unpaired) electrons. The molecule has 2 fully saturated rings. The number of aliphatic hydroxyl groups is 1. The van der Waals surface area contributed by atoms with Gasteiger partial charge in [0.05, 0.1) is 10.5 Å². The SMILES string of the molecule is CS(=O)(=O)c1cc(C(O)NCC2CCN(CCNC(=O)C3(C(F)(F)F)CCC3)CC2)cc(C(F)(F)F)c1. The molecule has 1 saturated heterocycles. The van der Waals surface area contributed by atoms with Crippen LogP contribution in [0.1, 0.15) is 49.5 Å². The molecule has 1 atom stereocenters. The summed E-state index contributed by atoms with van der Waals surface area (Å²) in [5, 5.41) is 15.6. The number of hydrogen-bond acceptors (Lipinski definition) is 6. The Bertz CT molecular complexity index is 1070. The number of benzene rings is 1. The van der Waals surface area contributed by atoms with E-state index >= 15 is 0 Å². The zero-order chi connectivity index (χ0) is 27.6. The first-order valence-electron chi connectivity index (χ1n) is 11.9. The second kappa shape index (κ2) is 11.1. The quantitative estimate of drug-likeness (QED) is 0.318. The van der Waals surface area contributed by atoms with E-state index < -0.39 is 50.2 Å². The van der Waals surface area contributed by atoms with E-state index in [9.17, 15) is 44.7 Å². The molecule has 1 aromatic carbocycles. The number of piperidine rings is 1. The molecular formula is C23H31F6N3O4S. The molecule has 1 aliphatic carbocycles. The number of carbonyl (C=O) groups is 1. The van der Waals surface area contributed by atoms with Crippen molar-refractivity contribution in [3.8, 4) is 0 Å². The average Bonchev–Trinajstić information content (AvgIpc) is 2.75. The summed E-state index contributed by atoms with van der Waals surface area (Å²) in [6.07, 6.45) is -8.76. The second-order valence-corrected chi connectivity index (χ2v) is 11.9. The van der Waals surface area contributed by atoms with Gasteiger partial charge in [0.2, 0.25) is 5.91 Å². The van der Waals surface area contributed by atoms with Crippen LogP contribution in [0.4, 0.5) is 26.3 Å². The smallest absolute Gasteiger partial charge is 0.374 e. The molecule has 3 N–H and O–H groups in total. The Hall–Kier alpha value is -1.90. The van der Waals surface area contributed by atoms with Crippen molar-refractivity contribution >= 4 is 15.7 Å². The Morgan fingerprint density at radius 2 is 1.76 bits per heavy atom. The van der Waals surface area contributed by atoms with Gasteiger partial charge in [-0.05, 0) is 68.5 Å². The first kappa shape index (κ1) is 29.7. The minimum atomic E-state index is -4.79. The predicted molar refractivity (Wildman–Crippen MR) is 122 cm³/mol. The molecule has 1 aliphatic heterocycles. The van der Waals surface area contributed by atoms with E-state index in [1.54, 1.807) is 0 Å². The Morgan fingerprint density at radius 3 is 2.24 bits per heavy atom. The molecule has 3 rings (SSSR count). The number of halogens is 6. The Morgan fingerprint density at radius 1 is 1.14 bits per heavy atom. The van der Waals surface area contributed by atoms with Crippen molar-refractivity contribution in [2.75, 3.05) is 39.0 Å². The average molecular weight is 560 g/mol. The number of nitrogens with one attached hydrogen (secondary N) is 2. The number of hydrogen-bond donors (Lipinski definition) is 3. The van der Waals surface area contributed by atoms with E-state index in [0.29, 0.717) is 51.0 Å². The Labute approximate surface area is 211 Å². The molecule has 37 heavy (non-hydrogen) atoms. The van der Waals surface area contributed by atoms with Crippen molar-refractivity contribution in [1.29, 1.82) is 0 Å². The van der Waals surface area contributed by atoms with Gasteiger partial charge in [0.1, 0.15) is 11.6 Å². The van der Waals surface area contributed by atoms with Crippen LogP contribution in [0.25, 0.3) is 0 Å². The van der Waals surface area contributed by atoms with Crippen LogP contribution in [-0.4, -0.2) is 69.5 Å². The summed E-state index contributed by atoms with van der Waals surface area (Å²) in [7, 11) is -3.94. The Balaban J connectivity index is 1.46. The fourth-order valence-corrected chi connectivity index (χ4v) is 5.33. The molecule has 210 valence electrons. The van der Waals surface area contributed by atoms with E-state index in [1.165, 1.54) is 0 Å². The van der Waals surface area contributed by atoms with Gasteiger partial charge in [0, 0.05) is 25.9 Å². The monoisotopic (exact) mass is 559 g/mol. The molecule has 0 bridgehead atoms. The van der Waals surface area contributed by atoms with E-state index in [4.69, 9.17) is 0 Å². The van der Waals surface area contributed by atoms with E-state index in [0.717, 1.165) is 12.3 Å². The summed E-state index contributed by atoms with van der Waals surface area (Å²) in [5.41, 5.74) is -3.66. The highest BCUT2D eigenvalue weighted by atomic mass is 32.2. The van der Waals surface area contributed by atoms with Crippen LogP contribution in [0.15, 0.2) is 23.1 Å². The van der Waals surface area contributed by atoms with Gasteiger partial charge in [-0.25, -0.2) is 8.42 Å². The fraction of sp³-hybridized carbons (Fsp3) is 0.696. The number of rotatable bonds is 9. The normalized spacial score (nSPS) is 20.3. The van der Waals surface area contributed by atoms with Gasteiger partial charge >= 0.3 is 12.4 Å². The third-order valence-electron chi connectivity index (χ3n) is 7.21. The fourth-order valence-electron chi connectivity index (χ4n) is 4.63. The van der Waals surface area contributed by atoms with Crippen molar-refractivity contribution in [1.82, 2.24) is 15.5 Å². The van der Waals surface area contributed by atoms with E-state index in [2.05, 4.69) is 10.6 Å². The zero-order valence-electron chi connectivity index (χ0n) is 20.3. The van der Waals surface area contributed by atoms with Crippen LogP contribution in [0.5, 0.6) is 0 Å². The summed E-state index contributed by atoms with van der Waals surface area (Å²) < 4.78 is 103. The van der Waals surface area contributed by atoms with Crippen LogP contribution in [0.2, 0.25) is 0 Å². The number of carbonyl (C=O) groups excluding carboxylic acids is 1. The molecule has 0 aromatic heterocycles. The van der Waals surface area contributed by atoms with E-state index in [-0.39, 0.29) is 37.4 Å². The number of sulfone groups is 1. The highest BCUT2D eigenvalue weighted by Crippen LogP contribution is 2.53. The van der Waals surface area contributed by atoms with Crippen LogP contribution >= 0.6 is 0 Å². The molecule has 0 spiro atoms. The lowest BCUT2D eigenvalue weighted by atomic mass is 9.67. The van der Waals surface area contributed by atoms with Crippen molar-refractivity contribution in [3.05, 3.63) is 29.3 Å². The van der Waals surface area contributed by atoms with Crippen molar-refractivity contribution in [3.63, 3.8) is 0 Å². The van der Waals surface area contributed by atoms with Gasteiger partial charge in [-0.2, -0.15) is 26.3 Å². The number of alkyl halides is 6. The van der Waals surface area contributed by atoms with Gasteiger partial charge in [-0.1, -0.05) is 6.42 Å². The van der Waals surface area contributed by atoms with Gasteiger partial charge < -0.3 is 15.3 Å². The minimum Gasteiger partial charge on any atom is -0.374 e. The van der Waals surface area contributed by atoms with Gasteiger partial charge in [0.15, 0.2) is 9.84 Å². The van der Waals surface area contributed by atoms with Gasteiger partial charge in [0.25, 0.3) is 0 Å². The largest absolute Gasteiger partial charge is 0.416 e. The minimum absolute atomic E-state index is 0.0733. The molecule has 1 unspecified atom stereocenters. The molecule has 1 amide bonds. The summed E-state index contributed by atoms with van der Waals surface area (Å²) in [6, 6.07) is 2.24. The number of likely N-dealkylation sites (tertiary alicyclic amines) is 1. The van der Waals surface area contributed by atoms with Crippen molar-refractivity contribution < 1.29 is 44.7 Å². The third kappa shape index (κ3) is 7.15. The number of aliphatic hydroxyl groups excluding tert-OH is 1.